The molecule has 2 aromatic carbocycles. The molecule has 0 radical (unpaired) electrons. The third-order valence-electron chi connectivity index (χ3n) is 2.93. The van der Waals surface area contributed by atoms with Gasteiger partial charge in [-0.15, -0.1) is 0 Å². The molecule has 0 unspecified atom stereocenters. The van der Waals surface area contributed by atoms with Crippen molar-refractivity contribution in [2.24, 2.45) is 0 Å². The van der Waals surface area contributed by atoms with E-state index in [0.717, 1.165) is 33.3 Å². The highest BCUT2D eigenvalue weighted by molar-refractivity contribution is 9.10. The number of fused-ring (bicyclic) bond motifs is 2. The van der Waals surface area contributed by atoms with Crippen molar-refractivity contribution in [2.75, 3.05) is 0 Å². The summed E-state index contributed by atoms with van der Waals surface area (Å²) in [6.07, 6.45) is 2.02. The Morgan fingerprint density at radius 2 is 1.24 bits per heavy atom. The van der Waals surface area contributed by atoms with Crippen LogP contribution in [0.25, 0.3) is 0 Å². The number of hydrogen-bond donors (Lipinski definition) is 0. The monoisotopic (exact) mass is 352 g/mol. The molecule has 0 amide bonds. The minimum Gasteiger partial charge on any atom is -0.457 e. The molecule has 1 heterocycles. The van der Waals surface area contributed by atoms with Gasteiger partial charge in [-0.25, -0.2) is 0 Å². The van der Waals surface area contributed by atoms with Crippen LogP contribution in [0, 0.1) is 0 Å². The second kappa shape index (κ2) is 4.46. The average molecular weight is 354 g/mol. The average Bonchev–Trinajstić information content (AvgIpc) is 2.48. The molecule has 0 aliphatic carbocycles. The largest absolute Gasteiger partial charge is 0.457 e. The van der Waals surface area contributed by atoms with Crippen molar-refractivity contribution in [1.29, 1.82) is 0 Å². The fourth-order valence-corrected chi connectivity index (χ4v) is 2.89. The Kier molecular flexibility index (Phi) is 2.97. The molecule has 1 nitrogen and oxygen atoms in total. The fourth-order valence-electron chi connectivity index (χ4n) is 2.07. The second-order valence-corrected chi connectivity index (χ2v) is 5.94. The summed E-state index contributed by atoms with van der Waals surface area (Å²) in [6, 6.07) is 12.4. The Hall–Kier alpha value is -0.800. The van der Waals surface area contributed by atoms with Gasteiger partial charge in [-0.2, -0.15) is 0 Å². The molecule has 2 aromatic rings. The highest BCUT2D eigenvalue weighted by atomic mass is 79.9. The Morgan fingerprint density at radius 3 is 1.71 bits per heavy atom. The standard InChI is InChI=1S/C14H10Br2O/c15-11-3-5-13-9(7-11)1-2-10-8-12(16)4-6-14(10)17-13/h3-8H,1-2H2. The Bertz CT molecular complexity index is 527. The zero-order valence-electron chi connectivity index (χ0n) is 9.04. The molecule has 0 atom stereocenters. The molecule has 0 aromatic heterocycles. The van der Waals surface area contributed by atoms with Gasteiger partial charge in [-0.05, 0) is 60.4 Å². The van der Waals surface area contributed by atoms with E-state index in [1.165, 1.54) is 11.1 Å². The summed E-state index contributed by atoms with van der Waals surface area (Å²) in [4.78, 5) is 0. The van der Waals surface area contributed by atoms with Crippen LogP contribution in [-0.2, 0) is 12.8 Å². The van der Waals surface area contributed by atoms with Crippen molar-refractivity contribution < 1.29 is 4.74 Å². The first kappa shape index (κ1) is 11.3. The zero-order valence-corrected chi connectivity index (χ0v) is 12.2. The normalized spacial score (nSPS) is 13.3. The molecule has 0 saturated heterocycles. The maximum absolute atomic E-state index is 5.97. The summed E-state index contributed by atoms with van der Waals surface area (Å²) in [5.41, 5.74) is 2.51. The van der Waals surface area contributed by atoms with Gasteiger partial charge in [0.05, 0.1) is 0 Å². The molecule has 0 N–H and O–H groups in total. The first-order valence-corrected chi connectivity index (χ1v) is 7.06. The molecule has 86 valence electrons. The van der Waals surface area contributed by atoms with Gasteiger partial charge in [0.2, 0.25) is 0 Å². The smallest absolute Gasteiger partial charge is 0.130 e. The molecule has 0 bridgehead atoms. The van der Waals surface area contributed by atoms with E-state index in [2.05, 4.69) is 44.0 Å². The maximum Gasteiger partial charge on any atom is 0.130 e. The summed E-state index contributed by atoms with van der Waals surface area (Å²) in [5.74, 6) is 1.93. The first-order valence-electron chi connectivity index (χ1n) is 5.47. The molecule has 0 fully saturated rings. The van der Waals surface area contributed by atoms with Crippen molar-refractivity contribution in [2.45, 2.75) is 12.8 Å². The van der Waals surface area contributed by atoms with Gasteiger partial charge >= 0.3 is 0 Å². The lowest BCUT2D eigenvalue weighted by Gasteiger charge is -2.08. The van der Waals surface area contributed by atoms with E-state index in [1.54, 1.807) is 0 Å². The van der Waals surface area contributed by atoms with Crippen LogP contribution in [0.5, 0.6) is 11.5 Å². The van der Waals surface area contributed by atoms with E-state index in [-0.39, 0.29) is 0 Å². The molecule has 3 heteroatoms. The summed E-state index contributed by atoms with van der Waals surface area (Å²) >= 11 is 7.00. The van der Waals surface area contributed by atoms with Gasteiger partial charge in [-0.3, -0.25) is 0 Å². The second-order valence-electron chi connectivity index (χ2n) is 4.11. The predicted molar refractivity (Wildman–Crippen MR) is 75.8 cm³/mol. The van der Waals surface area contributed by atoms with Gasteiger partial charge < -0.3 is 4.74 Å². The number of ether oxygens (including phenoxy) is 1. The van der Waals surface area contributed by atoms with Gasteiger partial charge in [0.25, 0.3) is 0 Å². The predicted octanol–water partition coefficient (Wildman–Crippen LogP) is 5.10. The van der Waals surface area contributed by atoms with E-state index < -0.39 is 0 Å². The van der Waals surface area contributed by atoms with E-state index >= 15 is 0 Å². The SMILES string of the molecule is Brc1ccc2c(c1)CCc1cc(Br)ccc1O2. The number of halogens is 2. The molecule has 1 aliphatic heterocycles. The molecule has 0 saturated carbocycles. The van der Waals surface area contributed by atoms with Crippen molar-refractivity contribution in [1.82, 2.24) is 0 Å². The Labute approximate surface area is 117 Å². The van der Waals surface area contributed by atoms with Crippen LogP contribution in [0.1, 0.15) is 11.1 Å². The van der Waals surface area contributed by atoms with Crippen LogP contribution in [0.15, 0.2) is 45.3 Å². The highest BCUT2D eigenvalue weighted by Crippen LogP contribution is 2.35. The lowest BCUT2D eigenvalue weighted by molar-refractivity contribution is 0.479. The lowest BCUT2D eigenvalue weighted by atomic mass is 10.0. The third kappa shape index (κ3) is 2.26. The summed E-state index contributed by atoms with van der Waals surface area (Å²) in [7, 11) is 0. The topological polar surface area (TPSA) is 9.23 Å². The molecule has 17 heavy (non-hydrogen) atoms. The zero-order chi connectivity index (χ0) is 11.8. The highest BCUT2D eigenvalue weighted by Gasteiger charge is 2.14. The van der Waals surface area contributed by atoms with Crippen molar-refractivity contribution in [3.05, 3.63) is 56.5 Å². The van der Waals surface area contributed by atoms with Crippen molar-refractivity contribution >= 4 is 31.9 Å². The molecule has 0 spiro atoms. The van der Waals surface area contributed by atoms with Gasteiger partial charge in [0.1, 0.15) is 11.5 Å². The van der Waals surface area contributed by atoms with Gasteiger partial charge in [0, 0.05) is 8.95 Å². The number of aryl methyl sites for hydroxylation is 2. The van der Waals surface area contributed by atoms with Gasteiger partial charge in [0.15, 0.2) is 0 Å². The summed E-state index contributed by atoms with van der Waals surface area (Å²) in [5, 5.41) is 0. The fraction of sp³-hybridized carbons (Fsp3) is 0.143. The van der Waals surface area contributed by atoms with Crippen molar-refractivity contribution in [3.63, 3.8) is 0 Å². The molecule has 3 rings (SSSR count). The van der Waals surface area contributed by atoms with Crippen LogP contribution in [0.2, 0.25) is 0 Å². The van der Waals surface area contributed by atoms with E-state index in [9.17, 15) is 0 Å². The number of benzene rings is 2. The Morgan fingerprint density at radius 1 is 0.765 bits per heavy atom. The minimum absolute atomic E-state index is 0.967. The van der Waals surface area contributed by atoms with E-state index in [0.29, 0.717) is 0 Å². The van der Waals surface area contributed by atoms with Crippen molar-refractivity contribution in [3.8, 4) is 11.5 Å². The van der Waals surface area contributed by atoms with E-state index in [1.807, 2.05) is 24.3 Å². The lowest BCUT2D eigenvalue weighted by Crippen LogP contribution is -1.88. The van der Waals surface area contributed by atoms with Crippen LogP contribution in [0.3, 0.4) is 0 Å². The molecule has 1 aliphatic rings. The third-order valence-corrected chi connectivity index (χ3v) is 3.92. The maximum atomic E-state index is 5.97. The van der Waals surface area contributed by atoms with Crippen LogP contribution >= 0.6 is 31.9 Å². The van der Waals surface area contributed by atoms with Crippen LogP contribution in [0.4, 0.5) is 0 Å². The van der Waals surface area contributed by atoms with E-state index in [4.69, 9.17) is 4.74 Å². The van der Waals surface area contributed by atoms with Crippen LogP contribution < -0.4 is 4.74 Å². The quantitative estimate of drug-likeness (QED) is 0.640. The molecular formula is C14H10Br2O. The minimum atomic E-state index is 0.967. The first-order chi connectivity index (χ1) is 8.22. The number of hydrogen-bond acceptors (Lipinski definition) is 1. The van der Waals surface area contributed by atoms with Gasteiger partial charge in [-0.1, -0.05) is 31.9 Å². The number of rotatable bonds is 0. The Balaban J connectivity index is 2.07. The molecular weight excluding hydrogens is 344 g/mol. The summed E-state index contributed by atoms with van der Waals surface area (Å²) in [6.45, 7) is 0. The summed E-state index contributed by atoms with van der Waals surface area (Å²) < 4.78 is 8.18. The van der Waals surface area contributed by atoms with Crippen LogP contribution in [-0.4, -0.2) is 0 Å².